The highest BCUT2D eigenvalue weighted by atomic mass is 127. The van der Waals surface area contributed by atoms with Crippen LogP contribution in [-0.4, -0.2) is 37.0 Å². The average molecular weight is 270 g/mol. The number of hydrogen-bond donors (Lipinski definition) is 2. The van der Waals surface area contributed by atoms with Crippen LogP contribution in [0.2, 0.25) is 0 Å². The van der Waals surface area contributed by atoms with Crippen molar-refractivity contribution in [2.24, 2.45) is 16.5 Å². The Labute approximate surface area is 84.0 Å². The van der Waals surface area contributed by atoms with Gasteiger partial charge in [-0.1, -0.05) is 0 Å². The first kappa shape index (κ1) is 11.0. The van der Waals surface area contributed by atoms with Crippen molar-refractivity contribution in [1.82, 2.24) is 4.90 Å². The summed E-state index contributed by atoms with van der Waals surface area (Å²) in [6.45, 7) is 4.15. The third kappa shape index (κ3) is 4.41. The van der Waals surface area contributed by atoms with Gasteiger partial charge < -0.3 is 16.4 Å². The van der Waals surface area contributed by atoms with Gasteiger partial charge in [-0.3, -0.25) is 4.99 Å². The van der Waals surface area contributed by atoms with E-state index in [0.29, 0.717) is 0 Å². The van der Waals surface area contributed by atoms with Crippen LogP contribution in [0.25, 0.3) is 0 Å². The van der Waals surface area contributed by atoms with Crippen LogP contribution >= 0.6 is 24.0 Å². The molecule has 1 saturated heterocycles. The summed E-state index contributed by atoms with van der Waals surface area (Å²) in [5, 5.41) is 0. The second-order valence-electron chi connectivity index (χ2n) is 2.50. The lowest BCUT2D eigenvalue weighted by Gasteiger charge is -2.29. The van der Waals surface area contributed by atoms with Crippen LogP contribution in [0.5, 0.6) is 0 Å². The van der Waals surface area contributed by atoms with Gasteiger partial charge in [-0.25, -0.2) is 0 Å². The lowest BCUT2D eigenvalue weighted by molar-refractivity contribution is 0.187. The van der Waals surface area contributed by atoms with Gasteiger partial charge in [0.25, 0.3) is 0 Å². The molecule has 5 heteroatoms. The molecule has 1 rings (SSSR count). The van der Waals surface area contributed by atoms with Gasteiger partial charge in [0, 0.05) is 6.54 Å². The highest BCUT2D eigenvalue weighted by molar-refractivity contribution is 14.0. The van der Waals surface area contributed by atoms with Gasteiger partial charge in [-0.05, 0) is 19.5 Å². The van der Waals surface area contributed by atoms with Crippen molar-refractivity contribution in [1.29, 1.82) is 0 Å². The molecule has 11 heavy (non-hydrogen) atoms. The minimum Gasteiger partial charge on any atom is -0.370 e. The number of aliphatic imine (C=N–C) groups is 1. The zero-order valence-corrected chi connectivity index (χ0v) is 8.82. The van der Waals surface area contributed by atoms with Gasteiger partial charge in [0.2, 0.25) is 0 Å². The molecule has 1 aliphatic heterocycles. The van der Waals surface area contributed by atoms with Crippen molar-refractivity contribution in [2.45, 2.75) is 6.42 Å². The lowest BCUT2D eigenvalue weighted by atomic mass is 10.2. The van der Waals surface area contributed by atoms with Crippen LogP contribution in [0.1, 0.15) is 6.42 Å². The Morgan fingerprint density at radius 1 is 1.36 bits per heavy atom. The van der Waals surface area contributed by atoms with Gasteiger partial charge >= 0.3 is 0 Å². The molecule has 0 spiro atoms. The summed E-state index contributed by atoms with van der Waals surface area (Å²) in [7, 11) is 0. The molecule has 0 aromatic rings. The highest BCUT2D eigenvalue weighted by Gasteiger charge is 2.11. The molecule has 4 nitrogen and oxygen atoms in total. The zero-order chi connectivity index (χ0) is 7.40. The van der Waals surface area contributed by atoms with E-state index >= 15 is 0 Å². The van der Waals surface area contributed by atoms with E-state index in [4.69, 9.17) is 11.5 Å². The summed E-state index contributed by atoms with van der Waals surface area (Å²) in [4.78, 5) is 6.20. The molecule has 0 atom stereocenters. The summed E-state index contributed by atoms with van der Waals surface area (Å²) in [5.74, 6) is 0.195. The van der Waals surface area contributed by atoms with E-state index in [1.54, 1.807) is 0 Å². The van der Waals surface area contributed by atoms with E-state index in [1.807, 2.05) is 0 Å². The fraction of sp³-hybridized carbons (Fsp3) is 0.833. The topological polar surface area (TPSA) is 67.6 Å². The van der Waals surface area contributed by atoms with Crippen molar-refractivity contribution >= 4 is 29.9 Å². The molecule has 0 amide bonds. The van der Waals surface area contributed by atoms with Gasteiger partial charge in [0.15, 0.2) is 5.96 Å². The smallest absolute Gasteiger partial charge is 0.185 e. The van der Waals surface area contributed by atoms with Crippen LogP contribution in [0.15, 0.2) is 4.99 Å². The van der Waals surface area contributed by atoms with Crippen LogP contribution in [0, 0.1) is 0 Å². The molecule has 1 aliphatic rings. The monoisotopic (exact) mass is 270 g/mol. The quantitative estimate of drug-likeness (QED) is 0.416. The predicted molar refractivity (Wildman–Crippen MR) is 57.1 cm³/mol. The van der Waals surface area contributed by atoms with Gasteiger partial charge in [-0.15, -0.1) is 24.0 Å². The van der Waals surface area contributed by atoms with E-state index in [2.05, 4.69) is 9.89 Å². The molecule has 0 aromatic heterocycles. The predicted octanol–water partition coefficient (Wildman–Crippen LogP) is -0.417. The lowest BCUT2D eigenvalue weighted by Crippen LogP contribution is -2.39. The third-order valence-electron chi connectivity index (χ3n) is 1.66. The van der Waals surface area contributed by atoms with Gasteiger partial charge in [0.05, 0.1) is 6.54 Å². The Hall–Kier alpha value is -0.0400. The molecule has 1 fully saturated rings. The molecule has 66 valence electrons. The van der Waals surface area contributed by atoms with Crippen molar-refractivity contribution in [3.05, 3.63) is 0 Å². The number of halogens is 1. The van der Waals surface area contributed by atoms with E-state index < -0.39 is 0 Å². The van der Waals surface area contributed by atoms with Gasteiger partial charge in [-0.2, -0.15) is 0 Å². The first-order valence-electron chi connectivity index (χ1n) is 3.57. The summed E-state index contributed by atoms with van der Waals surface area (Å²) in [6, 6.07) is 0. The SMILES string of the molecule is I.NC(N)=NCCN1CCC1. The van der Waals surface area contributed by atoms with E-state index in [9.17, 15) is 0 Å². The van der Waals surface area contributed by atoms with Crippen LogP contribution in [0.4, 0.5) is 0 Å². The first-order valence-corrected chi connectivity index (χ1v) is 3.57. The molecule has 1 heterocycles. The molecule has 0 aromatic carbocycles. The van der Waals surface area contributed by atoms with Gasteiger partial charge in [0.1, 0.15) is 0 Å². The van der Waals surface area contributed by atoms with Crippen LogP contribution < -0.4 is 11.5 Å². The number of rotatable bonds is 3. The van der Waals surface area contributed by atoms with E-state index in [0.717, 1.165) is 13.1 Å². The molecule has 0 aliphatic carbocycles. The first-order chi connectivity index (χ1) is 4.79. The van der Waals surface area contributed by atoms with E-state index in [1.165, 1.54) is 19.5 Å². The maximum atomic E-state index is 5.15. The number of nitrogens with two attached hydrogens (primary N) is 2. The molecular weight excluding hydrogens is 255 g/mol. The highest BCUT2D eigenvalue weighted by Crippen LogP contribution is 2.03. The number of guanidine groups is 1. The Balaban J connectivity index is 0.000001000. The standard InChI is InChI=1S/C6H14N4.HI/c7-6(8)9-2-5-10-3-1-4-10;/h1-5H2,(H4,7,8,9);1H. The summed E-state index contributed by atoms with van der Waals surface area (Å²) in [5.41, 5.74) is 10.3. The van der Waals surface area contributed by atoms with Crippen LogP contribution in [0.3, 0.4) is 0 Å². The molecule has 0 bridgehead atoms. The van der Waals surface area contributed by atoms with Crippen molar-refractivity contribution in [3.63, 3.8) is 0 Å². The molecule has 4 N–H and O–H groups in total. The summed E-state index contributed by atoms with van der Waals surface area (Å²) < 4.78 is 0. The average Bonchev–Trinajstić information content (AvgIpc) is 1.75. The second-order valence-corrected chi connectivity index (χ2v) is 2.50. The normalized spacial score (nSPS) is 16.4. The Morgan fingerprint density at radius 3 is 2.36 bits per heavy atom. The molecule has 0 radical (unpaired) electrons. The maximum absolute atomic E-state index is 5.15. The van der Waals surface area contributed by atoms with Crippen molar-refractivity contribution < 1.29 is 0 Å². The largest absolute Gasteiger partial charge is 0.370 e. The van der Waals surface area contributed by atoms with Crippen molar-refractivity contribution in [3.8, 4) is 0 Å². The Kier molecular flexibility index (Phi) is 5.57. The Bertz CT molecular complexity index is 129. The Morgan fingerprint density at radius 2 is 2.00 bits per heavy atom. The molecule has 0 saturated carbocycles. The number of nitrogens with zero attached hydrogens (tertiary/aromatic N) is 2. The fourth-order valence-electron chi connectivity index (χ4n) is 0.926. The minimum atomic E-state index is 0. The number of hydrogen-bond acceptors (Lipinski definition) is 2. The van der Waals surface area contributed by atoms with Crippen LogP contribution in [-0.2, 0) is 0 Å². The molecular formula is C6H15IN4. The number of likely N-dealkylation sites (tertiary alicyclic amines) is 1. The second kappa shape index (κ2) is 5.59. The van der Waals surface area contributed by atoms with Crippen molar-refractivity contribution in [2.75, 3.05) is 26.2 Å². The summed E-state index contributed by atoms with van der Waals surface area (Å²) >= 11 is 0. The zero-order valence-electron chi connectivity index (χ0n) is 6.49. The molecule has 0 unspecified atom stereocenters. The third-order valence-corrected chi connectivity index (χ3v) is 1.66. The maximum Gasteiger partial charge on any atom is 0.185 e. The van der Waals surface area contributed by atoms with E-state index in [-0.39, 0.29) is 29.9 Å². The summed E-state index contributed by atoms with van der Waals surface area (Å²) in [6.07, 6.45) is 1.32. The fourth-order valence-corrected chi connectivity index (χ4v) is 0.926. The minimum absolute atomic E-state index is 0.